The van der Waals surface area contributed by atoms with E-state index in [1.807, 2.05) is 0 Å². The van der Waals surface area contributed by atoms with Crippen LogP contribution in [0.3, 0.4) is 0 Å². The summed E-state index contributed by atoms with van der Waals surface area (Å²) < 4.78 is 10.3. The van der Waals surface area contributed by atoms with E-state index in [-0.39, 0.29) is 0 Å². The van der Waals surface area contributed by atoms with Gasteiger partial charge in [-0.2, -0.15) is 0 Å². The molecule has 0 atom stereocenters. The largest absolute Gasteiger partial charge is 0.369 e. The molecular weight excluding hydrogens is 294 g/mol. The third kappa shape index (κ3) is 5.30. The molecule has 0 spiro atoms. The van der Waals surface area contributed by atoms with E-state index in [1.165, 1.54) is 16.1 Å². The first-order valence-corrected chi connectivity index (χ1v) is 8.34. The fraction of sp³-hybridized carbons (Fsp3) is 0.333. The monoisotopic (exact) mass is 317 g/mol. The van der Waals surface area contributed by atoms with Gasteiger partial charge in [0, 0.05) is 30.8 Å². The second-order valence-corrected chi connectivity index (χ2v) is 5.81. The van der Waals surface area contributed by atoms with E-state index in [2.05, 4.69) is 65.8 Å². The van der Waals surface area contributed by atoms with Gasteiger partial charge < -0.3 is 14.4 Å². The van der Waals surface area contributed by atoms with Crippen LogP contribution in [0.5, 0.6) is 0 Å². The number of hydrogen-bond acceptors (Lipinski definition) is 4. The normalized spacial score (nSPS) is 11.2. The van der Waals surface area contributed by atoms with E-state index in [4.69, 9.17) is 9.47 Å². The fourth-order valence-electron chi connectivity index (χ4n) is 2.15. The molecule has 118 valence electrons. The molecule has 0 aliphatic carbocycles. The molecule has 4 heteroatoms. The van der Waals surface area contributed by atoms with Crippen LogP contribution in [0.2, 0.25) is 0 Å². The smallest absolute Gasteiger partial charge is 0.146 e. The number of likely N-dealkylation sites (N-methyl/N-ethyl adjacent to an activating group) is 1. The lowest BCUT2D eigenvalue weighted by atomic mass is 10.1. The van der Waals surface area contributed by atoms with Gasteiger partial charge in [-0.15, -0.1) is 11.3 Å². The Hall–Kier alpha value is -1.62. The lowest BCUT2D eigenvalue weighted by molar-refractivity contribution is -0.0274. The predicted molar refractivity (Wildman–Crippen MR) is 95.4 cm³/mol. The highest BCUT2D eigenvalue weighted by Crippen LogP contribution is 2.18. The van der Waals surface area contributed by atoms with Gasteiger partial charge in [0.25, 0.3) is 0 Å². The topological polar surface area (TPSA) is 21.7 Å². The van der Waals surface area contributed by atoms with Crippen molar-refractivity contribution in [3.63, 3.8) is 0 Å². The van der Waals surface area contributed by atoms with Crippen molar-refractivity contribution in [2.24, 2.45) is 0 Å². The Kier molecular flexibility index (Phi) is 7.16. The third-order valence-corrected chi connectivity index (χ3v) is 4.17. The maximum absolute atomic E-state index is 5.37. The van der Waals surface area contributed by atoms with Gasteiger partial charge in [0.15, 0.2) is 0 Å². The Bertz CT molecular complexity index is 549. The molecule has 0 saturated heterocycles. The molecule has 3 nitrogen and oxygen atoms in total. The molecule has 1 heterocycles. The van der Waals surface area contributed by atoms with Crippen molar-refractivity contribution >= 4 is 29.2 Å². The van der Waals surface area contributed by atoms with Crippen molar-refractivity contribution in [2.45, 2.75) is 6.92 Å². The molecule has 1 aromatic heterocycles. The first kappa shape index (κ1) is 16.7. The molecule has 22 heavy (non-hydrogen) atoms. The minimum absolute atomic E-state index is 0.351. The van der Waals surface area contributed by atoms with E-state index in [0.29, 0.717) is 13.4 Å². The van der Waals surface area contributed by atoms with Crippen LogP contribution in [0.25, 0.3) is 12.2 Å². The average Bonchev–Trinajstić information content (AvgIpc) is 3.07. The molecule has 0 N–H and O–H groups in total. The van der Waals surface area contributed by atoms with E-state index >= 15 is 0 Å². The Balaban J connectivity index is 1.91. The number of methoxy groups -OCH3 is 1. The minimum atomic E-state index is 0.351. The van der Waals surface area contributed by atoms with Crippen LogP contribution >= 0.6 is 11.3 Å². The van der Waals surface area contributed by atoms with Gasteiger partial charge in [0.05, 0.1) is 6.61 Å². The number of nitrogens with zero attached hydrogens (tertiary/aromatic N) is 1. The lowest BCUT2D eigenvalue weighted by Crippen LogP contribution is -2.27. The van der Waals surface area contributed by atoms with Gasteiger partial charge >= 0.3 is 0 Å². The minimum Gasteiger partial charge on any atom is -0.369 e. The van der Waals surface area contributed by atoms with Gasteiger partial charge in [0.2, 0.25) is 0 Å². The third-order valence-electron chi connectivity index (χ3n) is 3.33. The van der Waals surface area contributed by atoms with Gasteiger partial charge in [-0.05, 0) is 42.1 Å². The van der Waals surface area contributed by atoms with E-state index in [0.717, 1.165) is 13.1 Å². The average molecular weight is 317 g/mol. The van der Waals surface area contributed by atoms with Crippen LogP contribution in [-0.2, 0) is 9.47 Å². The van der Waals surface area contributed by atoms with Crippen molar-refractivity contribution in [1.29, 1.82) is 0 Å². The van der Waals surface area contributed by atoms with Crippen LogP contribution in [0, 0.1) is 0 Å². The Morgan fingerprint density at radius 2 is 1.95 bits per heavy atom. The Labute approximate surface area is 136 Å². The molecule has 0 fully saturated rings. The molecule has 0 unspecified atom stereocenters. The van der Waals surface area contributed by atoms with Gasteiger partial charge in [-0.25, -0.2) is 0 Å². The Morgan fingerprint density at radius 3 is 2.59 bits per heavy atom. The van der Waals surface area contributed by atoms with Crippen LogP contribution < -0.4 is 4.90 Å². The molecule has 0 amide bonds. The maximum Gasteiger partial charge on any atom is 0.146 e. The molecule has 1 aromatic carbocycles. The molecule has 0 aliphatic rings. The first-order valence-electron chi connectivity index (χ1n) is 7.46. The highest BCUT2D eigenvalue weighted by Gasteiger charge is 2.03. The molecule has 0 radical (unpaired) electrons. The zero-order chi connectivity index (χ0) is 15.6. The quantitative estimate of drug-likeness (QED) is 0.506. The van der Waals surface area contributed by atoms with Crippen molar-refractivity contribution in [3.8, 4) is 0 Å². The summed E-state index contributed by atoms with van der Waals surface area (Å²) in [5.41, 5.74) is 2.43. The van der Waals surface area contributed by atoms with Crippen molar-refractivity contribution in [2.75, 3.05) is 38.5 Å². The van der Waals surface area contributed by atoms with Gasteiger partial charge in [0.1, 0.15) is 6.79 Å². The summed E-state index contributed by atoms with van der Waals surface area (Å²) in [4.78, 5) is 3.57. The second kappa shape index (κ2) is 9.41. The van der Waals surface area contributed by atoms with Crippen LogP contribution in [0.4, 0.5) is 5.69 Å². The summed E-state index contributed by atoms with van der Waals surface area (Å²) in [6.07, 6.45) is 4.30. The summed E-state index contributed by atoms with van der Waals surface area (Å²) in [6, 6.07) is 12.8. The maximum atomic E-state index is 5.37. The van der Waals surface area contributed by atoms with E-state index in [1.54, 1.807) is 18.4 Å². The van der Waals surface area contributed by atoms with E-state index < -0.39 is 0 Å². The number of thiophene rings is 1. The zero-order valence-electron chi connectivity index (χ0n) is 13.2. The van der Waals surface area contributed by atoms with Crippen molar-refractivity contribution in [1.82, 2.24) is 0 Å². The van der Waals surface area contributed by atoms with Gasteiger partial charge in [-0.3, -0.25) is 0 Å². The number of benzene rings is 1. The van der Waals surface area contributed by atoms with Crippen LogP contribution in [0.1, 0.15) is 17.4 Å². The van der Waals surface area contributed by atoms with E-state index in [9.17, 15) is 0 Å². The summed E-state index contributed by atoms with van der Waals surface area (Å²) in [7, 11) is 1.64. The predicted octanol–water partition coefficient (Wildman–Crippen LogP) is 4.37. The molecular formula is C18H23NO2S. The highest BCUT2D eigenvalue weighted by molar-refractivity contribution is 7.10. The van der Waals surface area contributed by atoms with Gasteiger partial charge in [-0.1, -0.05) is 24.3 Å². The second-order valence-electron chi connectivity index (χ2n) is 4.83. The van der Waals surface area contributed by atoms with Crippen LogP contribution in [-0.4, -0.2) is 33.6 Å². The molecule has 0 bridgehead atoms. The summed E-state index contributed by atoms with van der Waals surface area (Å²) in [6.45, 7) is 5.00. The van der Waals surface area contributed by atoms with Crippen molar-refractivity contribution in [3.05, 3.63) is 52.2 Å². The highest BCUT2D eigenvalue weighted by atomic mass is 32.1. The lowest BCUT2D eigenvalue weighted by Gasteiger charge is -2.23. The zero-order valence-corrected chi connectivity index (χ0v) is 14.0. The Morgan fingerprint density at radius 1 is 1.14 bits per heavy atom. The molecule has 0 saturated carbocycles. The number of ether oxygens (including phenoxy) is 2. The standard InChI is InChI=1S/C18H23NO2S/c1-3-19(12-13-21-15-20-2)17-9-6-16(7-10-17)8-11-18-5-4-14-22-18/h4-11,14H,3,12-13,15H2,1-2H3. The first-order chi connectivity index (χ1) is 10.8. The van der Waals surface area contributed by atoms with Crippen LogP contribution in [0.15, 0.2) is 41.8 Å². The number of hydrogen-bond donors (Lipinski definition) is 0. The SMILES string of the molecule is CCN(CCOCOC)c1ccc(C=Cc2cccs2)cc1. The summed E-state index contributed by atoms with van der Waals surface area (Å²) in [5.74, 6) is 0. The fourth-order valence-corrected chi connectivity index (χ4v) is 2.77. The number of anilines is 1. The summed E-state index contributed by atoms with van der Waals surface area (Å²) in [5, 5.41) is 2.09. The molecule has 0 aliphatic heterocycles. The molecule has 2 aromatic rings. The molecule has 2 rings (SSSR count). The number of rotatable bonds is 9. The summed E-state index contributed by atoms with van der Waals surface area (Å²) >= 11 is 1.75. The van der Waals surface area contributed by atoms with Crippen molar-refractivity contribution < 1.29 is 9.47 Å².